The Labute approximate surface area is 162 Å². The summed E-state index contributed by atoms with van der Waals surface area (Å²) in [6.45, 7) is 1.02. The van der Waals surface area contributed by atoms with E-state index in [2.05, 4.69) is 25.5 Å². The number of aromatic amines is 1. The highest BCUT2D eigenvalue weighted by Gasteiger charge is 2.34. The average molecular weight is 376 g/mol. The van der Waals surface area contributed by atoms with E-state index < -0.39 is 5.92 Å². The fourth-order valence-corrected chi connectivity index (χ4v) is 3.22. The lowest BCUT2D eigenvalue weighted by Gasteiger charge is -2.16. The van der Waals surface area contributed by atoms with Gasteiger partial charge in [0.05, 0.1) is 5.92 Å². The number of pyridine rings is 1. The van der Waals surface area contributed by atoms with Gasteiger partial charge in [-0.15, -0.1) is 5.10 Å². The molecular formula is C20H20N6O2. The Morgan fingerprint density at radius 2 is 2.00 bits per heavy atom. The van der Waals surface area contributed by atoms with Crippen LogP contribution in [0.1, 0.15) is 12.0 Å². The number of H-pyrrole nitrogens is 1. The Hall–Kier alpha value is -3.55. The minimum Gasteiger partial charge on any atom is -0.342 e. The second kappa shape index (κ2) is 7.99. The molecule has 1 atom stereocenters. The average Bonchev–Trinajstić information content (AvgIpc) is 3.34. The lowest BCUT2D eigenvalue weighted by Crippen LogP contribution is -2.30. The number of carbonyl (C=O) groups excluding carboxylic acids is 2. The number of benzene rings is 1. The molecule has 1 aromatic carbocycles. The lowest BCUT2D eigenvalue weighted by atomic mass is 10.1. The number of hydrogen-bond acceptors (Lipinski definition) is 5. The molecule has 0 saturated carbocycles. The van der Waals surface area contributed by atoms with Gasteiger partial charge in [-0.05, 0) is 24.1 Å². The third kappa shape index (κ3) is 4.06. The van der Waals surface area contributed by atoms with E-state index in [-0.39, 0.29) is 24.2 Å². The molecule has 8 heteroatoms. The highest BCUT2D eigenvalue weighted by atomic mass is 16.2. The zero-order valence-electron chi connectivity index (χ0n) is 15.2. The van der Waals surface area contributed by atoms with Crippen molar-refractivity contribution < 1.29 is 9.59 Å². The van der Waals surface area contributed by atoms with Gasteiger partial charge in [-0.3, -0.25) is 25.0 Å². The first-order valence-corrected chi connectivity index (χ1v) is 9.15. The van der Waals surface area contributed by atoms with Crippen molar-refractivity contribution in [3.8, 4) is 11.5 Å². The molecule has 1 saturated heterocycles. The summed E-state index contributed by atoms with van der Waals surface area (Å²) in [6, 6.07) is 15.4. The Balaban J connectivity index is 1.33. The quantitative estimate of drug-likeness (QED) is 0.684. The molecule has 0 aliphatic carbocycles. The Kier molecular flexibility index (Phi) is 5.09. The number of rotatable bonds is 6. The van der Waals surface area contributed by atoms with Crippen LogP contribution in [0.5, 0.6) is 0 Å². The van der Waals surface area contributed by atoms with Crippen molar-refractivity contribution in [1.29, 1.82) is 0 Å². The van der Waals surface area contributed by atoms with E-state index in [4.69, 9.17) is 0 Å². The normalized spacial score (nSPS) is 16.4. The molecule has 3 heterocycles. The van der Waals surface area contributed by atoms with Gasteiger partial charge in [-0.1, -0.05) is 36.4 Å². The standard InChI is InChI=1S/C20H20N6O2/c27-17-12-15(13-26(17)11-9-14-6-2-1-3-7-14)19(28)23-20-22-18(24-25-20)16-8-4-5-10-21-16/h1-8,10,15H,9,11-13H2,(H2,22,23,24,25,28)/t15-/m0/s1. The van der Waals surface area contributed by atoms with Crippen molar-refractivity contribution in [3.63, 3.8) is 0 Å². The van der Waals surface area contributed by atoms with Crippen molar-refractivity contribution >= 4 is 17.8 Å². The van der Waals surface area contributed by atoms with Gasteiger partial charge in [0.1, 0.15) is 5.69 Å². The fraction of sp³-hybridized carbons (Fsp3) is 0.250. The van der Waals surface area contributed by atoms with Gasteiger partial charge in [0, 0.05) is 25.7 Å². The van der Waals surface area contributed by atoms with Crippen LogP contribution in [0.15, 0.2) is 54.7 Å². The number of aromatic nitrogens is 4. The van der Waals surface area contributed by atoms with Crippen molar-refractivity contribution in [2.75, 3.05) is 18.4 Å². The predicted molar refractivity (Wildman–Crippen MR) is 103 cm³/mol. The monoisotopic (exact) mass is 376 g/mol. The van der Waals surface area contributed by atoms with Gasteiger partial charge < -0.3 is 4.90 Å². The van der Waals surface area contributed by atoms with Crippen LogP contribution in [0.3, 0.4) is 0 Å². The molecule has 0 spiro atoms. The van der Waals surface area contributed by atoms with Gasteiger partial charge in [0.2, 0.25) is 17.8 Å². The number of nitrogens with one attached hydrogen (secondary N) is 2. The fourth-order valence-electron chi connectivity index (χ4n) is 3.22. The van der Waals surface area contributed by atoms with Crippen LogP contribution in [0, 0.1) is 5.92 Å². The third-order valence-electron chi connectivity index (χ3n) is 4.73. The van der Waals surface area contributed by atoms with E-state index in [0.29, 0.717) is 24.6 Å². The van der Waals surface area contributed by atoms with Gasteiger partial charge in [0.15, 0.2) is 5.82 Å². The number of likely N-dealkylation sites (tertiary alicyclic amines) is 1. The highest BCUT2D eigenvalue weighted by molar-refractivity contribution is 5.96. The summed E-state index contributed by atoms with van der Waals surface area (Å²) in [5, 5.41) is 9.46. The number of carbonyl (C=O) groups is 2. The highest BCUT2D eigenvalue weighted by Crippen LogP contribution is 2.20. The van der Waals surface area contributed by atoms with Crippen LogP contribution >= 0.6 is 0 Å². The Morgan fingerprint density at radius 1 is 1.18 bits per heavy atom. The molecule has 0 bridgehead atoms. The maximum absolute atomic E-state index is 12.5. The molecule has 8 nitrogen and oxygen atoms in total. The minimum absolute atomic E-state index is 0.000225. The van der Waals surface area contributed by atoms with Crippen molar-refractivity contribution in [3.05, 3.63) is 60.3 Å². The zero-order chi connectivity index (χ0) is 19.3. The summed E-state index contributed by atoms with van der Waals surface area (Å²) in [5.41, 5.74) is 1.81. The molecule has 142 valence electrons. The Bertz CT molecular complexity index is 957. The number of anilines is 1. The van der Waals surface area contributed by atoms with Crippen molar-refractivity contribution in [2.45, 2.75) is 12.8 Å². The number of hydrogen-bond donors (Lipinski definition) is 2. The van der Waals surface area contributed by atoms with Crippen LogP contribution < -0.4 is 5.32 Å². The lowest BCUT2D eigenvalue weighted by molar-refractivity contribution is -0.128. The van der Waals surface area contributed by atoms with Crippen LogP contribution in [0.2, 0.25) is 0 Å². The first kappa shape index (κ1) is 17.8. The molecule has 1 fully saturated rings. The van der Waals surface area contributed by atoms with E-state index in [9.17, 15) is 9.59 Å². The van der Waals surface area contributed by atoms with Gasteiger partial charge in [-0.2, -0.15) is 4.98 Å². The summed E-state index contributed by atoms with van der Waals surface area (Å²) in [7, 11) is 0. The summed E-state index contributed by atoms with van der Waals surface area (Å²) >= 11 is 0. The maximum Gasteiger partial charge on any atom is 0.249 e. The van der Waals surface area contributed by atoms with Crippen LogP contribution in [0.25, 0.3) is 11.5 Å². The SMILES string of the molecule is O=C(Nc1n[nH]c(-c2ccccn2)n1)[C@H]1CC(=O)N(CCc2ccccc2)C1. The van der Waals surface area contributed by atoms with E-state index in [0.717, 1.165) is 6.42 Å². The molecule has 0 unspecified atom stereocenters. The van der Waals surface area contributed by atoms with Crippen LogP contribution in [0.4, 0.5) is 5.95 Å². The second-order valence-corrected chi connectivity index (χ2v) is 6.69. The molecule has 0 radical (unpaired) electrons. The minimum atomic E-state index is -0.403. The van der Waals surface area contributed by atoms with Gasteiger partial charge in [-0.25, -0.2) is 0 Å². The number of amides is 2. The summed E-state index contributed by atoms with van der Waals surface area (Å²) in [6.07, 6.45) is 2.64. The van der Waals surface area contributed by atoms with Crippen LogP contribution in [-0.2, 0) is 16.0 Å². The molecule has 3 aromatic rings. The molecule has 2 amide bonds. The zero-order valence-corrected chi connectivity index (χ0v) is 15.2. The van der Waals surface area contributed by atoms with Crippen LogP contribution in [-0.4, -0.2) is 50.0 Å². The third-order valence-corrected chi connectivity index (χ3v) is 4.73. The van der Waals surface area contributed by atoms with E-state index >= 15 is 0 Å². The second-order valence-electron chi connectivity index (χ2n) is 6.69. The summed E-state index contributed by atoms with van der Waals surface area (Å²) in [5.74, 6) is 0.00571. The molecular weight excluding hydrogens is 356 g/mol. The molecule has 4 rings (SSSR count). The largest absolute Gasteiger partial charge is 0.342 e. The first-order chi connectivity index (χ1) is 13.7. The smallest absolute Gasteiger partial charge is 0.249 e. The molecule has 2 aromatic heterocycles. The first-order valence-electron chi connectivity index (χ1n) is 9.15. The Morgan fingerprint density at radius 3 is 2.79 bits per heavy atom. The van der Waals surface area contributed by atoms with Gasteiger partial charge >= 0.3 is 0 Å². The van der Waals surface area contributed by atoms with E-state index in [1.165, 1.54) is 5.56 Å². The maximum atomic E-state index is 12.5. The predicted octanol–water partition coefficient (Wildman–Crippen LogP) is 1.90. The summed E-state index contributed by atoms with van der Waals surface area (Å²) < 4.78 is 0. The molecule has 1 aliphatic rings. The number of nitrogens with zero attached hydrogens (tertiary/aromatic N) is 4. The summed E-state index contributed by atoms with van der Waals surface area (Å²) in [4.78, 5) is 35.0. The molecule has 28 heavy (non-hydrogen) atoms. The molecule has 1 aliphatic heterocycles. The van der Waals surface area contributed by atoms with Crippen molar-refractivity contribution in [2.24, 2.45) is 5.92 Å². The molecule has 2 N–H and O–H groups in total. The van der Waals surface area contributed by atoms with Gasteiger partial charge in [0.25, 0.3) is 0 Å². The topological polar surface area (TPSA) is 104 Å². The van der Waals surface area contributed by atoms with E-state index in [1.54, 1.807) is 17.2 Å². The van der Waals surface area contributed by atoms with Crippen molar-refractivity contribution in [1.82, 2.24) is 25.1 Å². The van der Waals surface area contributed by atoms with E-state index in [1.807, 2.05) is 42.5 Å².